The van der Waals surface area contributed by atoms with Crippen LogP contribution in [0.2, 0.25) is 0 Å². The molecule has 0 radical (unpaired) electrons. The first kappa shape index (κ1) is 15.0. The van der Waals surface area contributed by atoms with Gasteiger partial charge in [0.25, 0.3) is 0 Å². The molecule has 18 heavy (non-hydrogen) atoms. The first-order valence-electron chi connectivity index (χ1n) is 6.59. The molecule has 0 aliphatic heterocycles. The van der Waals surface area contributed by atoms with Crippen LogP contribution in [-0.2, 0) is 4.74 Å². The number of benzene rings is 1. The van der Waals surface area contributed by atoms with Crippen LogP contribution in [-0.4, -0.2) is 23.9 Å². The van der Waals surface area contributed by atoms with Crippen molar-refractivity contribution in [3.8, 4) is 5.75 Å². The van der Waals surface area contributed by atoms with Crippen molar-refractivity contribution < 1.29 is 14.6 Å². The molecule has 2 unspecified atom stereocenters. The third kappa shape index (κ3) is 5.07. The van der Waals surface area contributed by atoms with E-state index < -0.39 is 6.10 Å². The van der Waals surface area contributed by atoms with Crippen LogP contribution in [0, 0.1) is 0 Å². The number of hydrogen-bond donors (Lipinski definition) is 1. The standard InChI is InChI=1S/C15H24O3/c1-5-12(4)17-10-15(16)13-6-8-14(9-7-13)18-11(2)3/h6-9,11-12,15-16H,5,10H2,1-4H3. The highest BCUT2D eigenvalue weighted by Crippen LogP contribution is 2.19. The normalized spacial score (nSPS) is 14.6. The monoisotopic (exact) mass is 252 g/mol. The van der Waals surface area contributed by atoms with Crippen molar-refractivity contribution in [2.24, 2.45) is 0 Å². The SMILES string of the molecule is CCC(C)OCC(O)c1ccc(OC(C)C)cc1. The Labute approximate surface area is 110 Å². The molecule has 0 saturated heterocycles. The van der Waals surface area contributed by atoms with Crippen LogP contribution >= 0.6 is 0 Å². The van der Waals surface area contributed by atoms with Crippen LogP contribution in [0.4, 0.5) is 0 Å². The van der Waals surface area contributed by atoms with Gasteiger partial charge in [-0.15, -0.1) is 0 Å². The van der Waals surface area contributed by atoms with Crippen LogP contribution in [0.3, 0.4) is 0 Å². The molecule has 2 atom stereocenters. The van der Waals surface area contributed by atoms with Gasteiger partial charge in [-0.25, -0.2) is 0 Å². The van der Waals surface area contributed by atoms with E-state index in [-0.39, 0.29) is 12.2 Å². The Balaban J connectivity index is 2.50. The molecule has 0 amide bonds. The zero-order chi connectivity index (χ0) is 13.5. The highest BCUT2D eigenvalue weighted by Gasteiger charge is 2.10. The summed E-state index contributed by atoms with van der Waals surface area (Å²) in [7, 11) is 0. The van der Waals surface area contributed by atoms with E-state index in [0.29, 0.717) is 6.61 Å². The molecule has 0 fully saturated rings. The molecule has 0 spiro atoms. The second-order valence-electron chi connectivity index (χ2n) is 4.80. The fourth-order valence-electron chi connectivity index (χ4n) is 1.51. The lowest BCUT2D eigenvalue weighted by Gasteiger charge is -2.16. The second-order valence-corrected chi connectivity index (χ2v) is 4.80. The van der Waals surface area contributed by atoms with E-state index in [0.717, 1.165) is 17.7 Å². The van der Waals surface area contributed by atoms with Gasteiger partial charge in [0.15, 0.2) is 0 Å². The summed E-state index contributed by atoms with van der Waals surface area (Å²) in [5.74, 6) is 0.823. The van der Waals surface area contributed by atoms with Crippen LogP contribution in [0.5, 0.6) is 5.75 Å². The van der Waals surface area contributed by atoms with Gasteiger partial charge >= 0.3 is 0 Å². The van der Waals surface area contributed by atoms with Crippen molar-refractivity contribution in [2.45, 2.75) is 52.4 Å². The third-order valence-electron chi connectivity index (χ3n) is 2.75. The predicted molar refractivity (Wildman–Crippen MR) is 72.9 cm³/mol. The maximum absolute atomic E-state index is 9.97. The average Bonchev–Trinajstić information content (AvgIpc) is 2.35. The zero-order valence-corrected chi connectivity index (χ0v) is 11.7. The van der Waals surface area contributed by atoms with Gasteiger partial charge in [-0.05, 0) is 44.9 Å². The van der Waals surface area contributed by atoms with Gasteiger partial charge in [0, 0.05) is 0 Å². The summed E-state index contributed by atoms with van der Waals surface area (Å²) in [4.78, 5) is 0. The van der Waals surface area contributed by atoms with Crippen molar-refractivity contribution in [3.05, 3.63) is 29.8 Å². The molecule has 1 N–H and O–H groups in total. The zero-order valence-electron chi connectivity index (χ0n) is 11.7. The van der Waals surface area contributed by atoms with Gasteiger partial charge in [-0.2, -0.15) is 0 Å². The minimum Gasteiger partial charge on any atom is -0.491 e. The fraction of sp³-hybridized carbons (Fsp3) is 0.600. The Bertz CT molecular complexity index is 332. The first-order chi connectivity index (χ1) is 8.52. The van der Waals surface area contributed by atoms with E-state index in [1.807, 2.05) is 45.0 Å². The second kappa shape index (κ2) is 7.39. The molecule has 3 nitrogen and oxygen atoms in total. The summed E-state index contributed by atoms with van der Waals surface area (Å²) in [6, 6.07) is 7.51. The fourth-order valence-corrected chi connectivity index (χ4v) is 1.51. The smallest absolute Gasteiger partial charge is 0.119 e. The number of ether oxygens (including phenoxy) is 2. The van der Waals surface area contributed by atoms with E-state index in [9.17, 15) is 5.11 Å². The molecular formula is C15H24O3. The van der Waals surface area contributed by atoms with Crippen LogP contribution in [0.25, 0.3) is 0 Å². The Morgan fingerprint density at radius 2 is 1.72 bits per heavy atom. The largest absolute Gasteiger partial charge is 0.491 e. The van der Waals surface area contributed by atoms with Gasteiger partial charge in [0.2, 0.25) is 0 Å². The molecule has 0 aromatic heterocycles. The minimum absolute atomic E-state index is 0.162. The van der Waals surface area contributed by atoms with Crippen molar-refractivity contribution in [3.63, 3.8) is 0 Å². The van der Waals surface area contributed by atoms with Crippen LogP contribution in [0.1, 0.15) is 45.8 Å². The molecule has 102 valence electrons. The molecule has 0 aliphatic carbocycles. The van der Waals surface area contributed by atoms with Crippen molar-refractivity contribution >= 4 is 0 Å². The predicted octanol–water partition coefficient (Wildman–Crippen LogP) is 3.32. The summed E-state index contributed by atoms with van der Waals surface area (Å²) in [6.45, 7) is 8.38. The van der Waals surface area contributed by atoms with Crippen LogP contribution < -0.4 is 4.74 Å². The molecule has 0 heterocycles. The Morgan fingerprint density at radius 3 is 2.22 bits per heavy atom. The van der Waals surface area contributed by atoms with Gasteiger partial charge in [0.05, 0.1) is 18.8 Å². The first-order valence-corrected chi connectivity index (χ1v) is 6.59. The maximum Gasteiger partial charge on any atom is 0.119 e. The van der Waals surface area contributed by atoms with E-state index in [1.165, 1.54) is 0 Å². The van der Waals surface area contributed by atoms with Gasteiger partial charge in [0.1, 0.15) is 11.9 Å². The van der Waals surface area contributed by atoms with Crippen molar-refractivity contribution in [1.29, 1.82) is 0 Å². The number of rotatable bonds is 7. The summed E-state index contributed by atoms with van der Waals surface area (Å²) in [5.41, 5.74) is 0.856. The molecule has 0 bridgehead atoms. The lowest BCUT2D eigenvalue weighted by atomic mass is 10.1. The highest BCUT2D eigenvalue weighted by atomic mass is 16.5. The van der Waals surface area contributed by atoms with E-state index in [2.05, 4.69) is 6.92 Å². The van der Waals surface area contributed by atoms with Gasteiger partial charge in [-0.1, -0.05) is 19.1 Å². The Morgan fingerprint density at radius 1 is 1.11 bits per heavy atom. The molecule has 1 aromatic rings. The van der Waals surface area contributed by atoms with E-state index in [1.54, 1.807) is 0 Å². The molecule has 3 heteroatoms. The summed E-state index contributed by atoms with van der Waals surface area (Å²) in [5, 5.41) is 9.97. The van der Waals surface area contributed by atoms with Crippen molar-refractivity contribution in [1.82, 2.24) is 0 Å². The molecule has 0 saturated carbocycles. The van der Waals surface area contributed by atoms with E-state index in [4.69, 9.17) is 9.47 Å². The molecular weight excluding hydrogens is 228 g/mol. The average molecular weight is 252 g/mol. The van der Waals surface area contributed by atoms with Crippen LogP contribution in [0.15, 0.2) is 24.3 Å². The number of hydrogen-bond acceptors (Lipinski definition) is 3. The minimum atomic E-state index is -0.577. The summed E-state index contributed by atoms with van der Waals surface area (Å²) < 4.78 is 11.1. The lowest BCUT2D eigenvalue weighted by molar-refractivity contribution is -0.00377. The number of aliphatic hydroxyl groups is 1. The molecule has 1 rings (SSSR count). The topological polar surface area (TPSA) is 38.7 Å². The van der Waals surface area contributed by atoms with Crippen molar-refractivity contribution in [2.75, 3.05) is 6.61 Å². The molecule has 1 aromatic carbocycles. The maximum atomic E-state index is 9.97. The Hall–Kier alpha value is -1.06. The quantitative estimate of drug-likeness (QED) is 0.809. The van der Waals surface area contributed by atoms with Gasteiger partial charge in [-0.3, -0.25) is 0 Å². The summed E-state index contributed by atoms with van der Waals surface area (Å²) >= 11 is 0. The van der Waals surface area contributed by atoms with Gasteiger partial charge < -0.3 is 14.6 Å². The third-order valence-corrected chi connectivity index (χ3v) is 2.75. The molecule has 0 aliphatic rings. The van der Waals surface area contributed by atoms with E-state index >= 15 is 0 Å². The summed E-state index contributed by atoms with van der Waals surface area (Å²) in [6.07, 6.45) is 0.721. The Kier molecular flexibility index (Phi) is 6.16. The lowest BCUT2D eigenvalue weighted by Crippen LogP contribution is -2.13. The number of aliphatic hydroxyl groups excluding tert-OH is 1. The highest BCUT2D eigenvalue weighted by molar-refractivity contribution is 5.28.